The largest absolute Gasteiger partial charge is 0.384 e. The summed E-state index contributed by atoms with van der Waals surface area (Å²) in [5, 5.41) is 8.59. The molecule has 1 aliphatic rings. The molecule has 0 saturated heterocycles. The van der Waals surface area contributed by atoms with Gasteiger partial charge in [-0.3, -0.25) is 0 Å². The van der Waals surface area contributed by atoms with Gasteiger partial charge in [0, 0.05) is 11.6 Å². The van der Waals surface area contributed by atoms with Crippen molar-refractivity contribution >= 4 is 10.0 Å². The summed E-state index contributed by atoms with van der Waals surface area (Å²) in [4.78, 5) is 0.251. The molecule has 19 heavy (non-hydrogen) atoms. The lowest BCUT2D eigenvalue weighted by Crippen LogP contribution is -2.43. The van der Waals surface area contributed by atoms with Crippen molar-refractivity contribution in [3.8, 4) is 11.8 Å². The molecule has 0 aromatic heterocycles. The Morgan fingerprint density at radius 3 is 2.47 bits per heavy atom. The van der Waals surface area contributed by atoms with Crippen LogP contribution < -0.4 is 4.72 Å². The van der Waals surface area contributed by atoms with Gasteiger partial charge in [-0.05, 0) is 43.0 Å². The van der Waals surface area contributed by atoms with Gasteiger partial charge in [0.05, 0.1) is 4.90 Å². The zero-order chi connectivity index (χ0) is 13.9. The van der Waals surface area contributed by atoms with Crippen molar-refractivity contribution in [3.63, 3.8) is 0 Å². The second-order valence-corrected chi connectivity index (χ2v) is 6.59. The number of sulfonamides is 1. The van der Waals surface area contributed by atoms with E-state index in [-0.39, 0.29) is 17.5 Å². The Balaban J connectivity index is 2.08. The molecule has 102 valence electrons. The van der Waals surface area contributed by atoms with Gasteiger partial charge in [0.1, 0.15) is 6.61 Å². The van der Waals surface area contributed by atoms with Crippen LogP contribution in [0.1, 0.15) is 25.3 Å². The van der Waals surface area contributed by atoms with E-state index in [9.17, 15) is 8.42 Å². The van der Waals surface area contributed by atoms with Crippen LogP contribution in [-0.4, -0.2) is 26.2 Å². The van der Waals surface area contributed by atoms with E-state index in [1.165, 1.54) is 12.1 Å². The average Bonchev–Trinajstić information content (AvgIpc) is 2.35. The van der Waals surface area contributed by atoms with Gasteiger partial charge in [-0.25, -0.2) is 13.1 Å². The Labute approximate surface area is 113 Å². The minimum atomic E-state index is -3.43. The standard InChI is InChI=1S/C14H17NO3S/c1-11-9-13(10-11)15-19(17,18)14-6-4-12(5-7-14)3-2-8-16/h4-7,11,13,15-16H,8-10H2,1H3. The highest BCUT2D eigenvalue weighted by Gasteiger charge is 2.29. The topological polar surface area (TPSA) is 66.4 Å². The number of hydrogen-bond donors (Lipinski definition) is 2. The van der Waals surface area contributed by atoms with Gasteiger partial charge >= 0.3 is 0 Å². The van der Waals surface area contributed by atoms with Gasteiger partial charge in [0.25, 0.3) is 0 Å². The molecule has 0 amide bonds. The lowest BCUT2D eigenvalue weighted by molar-refractivity contribution is 0.270. The molecule has 1 fully saturated rings. The molecule has 2 N–H and O–H groups in total. The summed E-state index contributed by atoms with van der Waals surface area (Å²) >= 11 is 0. The third kappa shape index (κ3) is 3.57. The molecule has 1 saturated carbocycles. The van der Waals surface area contributed by atoms with Crippen molar-refractivity contribution in [2.45, 2.75) is 30.7 Å². The maximum atomic E-state index is 12.1. The minimum Gasteiger partial charge on any atom is -0.384 e. The smallest absolute Gasteiger partial charge is 0.240 e. The molecule has 5 heteroatoms. The lowest BCUT2D eigenvalue weighted by atomic mass is 9.83. The van der Waals surface area contributed by atoms with Gasteiger partial charge < -0.3 is 5.11 Å². The van der Waals surface area contributed by atoms with E-state index in [2.05, 4.69) is 23.5 Å². The Bertz CT molecular complexity index is 590. The van der Waals surface area contributed by atoms with Crippen LogP contribution in [0.2, 0.25) is 0 Å². The molecule has 0 heterocycles. The third-order valence-corrected chi connectivity index (χ3v) is 4.71. The highest BCUT2D eigenvalue weighted by molar-refractivity contribution is 7.89. The SMILES string of the molecule is CC1CC(NS(=O)(=O)c2ccc(C#CCO)cc2)C1. The maximum absolute atomic E-state index is 12.1. The lowest BCUT2D eigenvalue weighted by Gasteiger charge is -2.32. The van der Waals surface area contributed by atoms with Crippen LogP contribution in [0.3, 0.4) is 0 Å². The molecular weight excluding hydrogens is 262 g/mol. The number of nitrogens with one attached hydrogen (secondary N) is 1. The zero-order valence-electron chi connectivity index (χ0n) is 10.8. The van der Waals surface area contributed by atoms with Gasteiger partial charge in [0.15, 0.2) is 0 Å². The van der Waals surface area contributed by atoms with E-state index in [0.717, 1.165) is 12.8 Å². The Morgan fingerprint density at radius 2 is 1.95 bits per heavy atom. The number of rotatable bonds is 3. The van der Waals surface area contributed by atoms with Crippen molar-refractivity contribution in [2.75, 3.05) is 6.61 Å². The monoisotopic (exact) mass is 279 g/mol. The van der Waals surface area contributed by atoms with Crippen molar-refractivity contribution in [1.82, 2.24) is 4.72 Å². The first-order chi connectivity index (χ1) is 9.01. The summed E-state index contributed by atoms with van der Waals surface area (Å²) in [6.07, 6.45) is 1.80. The van der Waals surface area contributed by atoms with Crippen LogP contribution in [0.4, 0.5) is 0 Å². The van der Waals surface area contributed by atoms with Crippen LogP contribution in [0, 0.1) is 17.8 Å². The Hall–Kier alpha value is -1.35. The molecule has 0 aliphatic heterocycles. The molecule has 4 nitrogen and oxygen atoms in total. The van der Waals surface area contributed by atoms with Crippen molar-refractivity contribution < 1.29 is 13.5 Å². The van der Waals surface area contributed by atoms with Crippen molar-refractivity contribution in [1.29, 1.82) is 0 Å². The fourth-order valence-electron chi connectivity index (χ4n) is 2.15. The second kappa shape index (κ2) is 5.74. The summed E-state index contributed by atoms with van der Waals surface area (Å²) in [6.45, 7) is 1.90. The second-order valence-electron chi connectivity index (χ2n) is 4.88. The number of benzene rings is 1. The molecule has 0 spiro atoms. The number of aliphatic hydroxyl groups excluding tert-OH is 1. The first-order valence-electron chi connectivity index (χ1n) is 6.23. The molecule has 0 radical (unpaired) electrons. The Kier molecular flexibility index (Phi) is 4.25. The predicted octanol–water partition coefficient (Wildman–Crippen LogP) is 1.11. The van der Waals surface area contributed by atoms with Crippen LogP contribution in [0.25, 0.3) is 0 Å². The average molecular weight is 279 g/mol. The number of hydrogen-bond acceptors (Lipinski definition) is 3. The fraction of sp³-hybridized carbons (Fsp3) is 0.429. The van der Waals surface area contributed by atoms with Gasteiger partial charge in [-0.2, -0.15) is 0 Å². The molecule has 1 aliphatic carbocycles. The van der Waals surface area contributed by atoms with Crippen LogP contribution in [0.5, 0.6) is 0 Å². The fourth-order valence-corrected chi connectivity index (χ4v) is 3.41. The third-order valence-electron chi connectivity index (χ3n) is 3.17. The molecule has 2 rings (SSSR count). The van der Waals surface area contributed by atoms with Gasteiger partial charge in [-0.1, -0.05) is 18.8 Å². The molecule has 1 aromatic rings. The van der Waals surface area contributed by atoms with Gasteiger partial charge in [0.2, 0.25) is 10.0 Å². The minimum absolute atomic E-state index is 0.0638. The summed E-state index contributed by atoms with van der Waals surface area (Å²) in [7, 11) is -3.43. The molecule has 0 unspecified atom stereocenters. The highest BCUT2D eigenvalue weighted by Crippen LogP contribution is 2.27. The maximum Gasteiger partial charge on any atom is 0.240 e. The van der Waals surface area contributed by atoms with E-state index >= 15 is 0 Å². The van der Waals surface area contributed by atoms with Crippen LogP contribution >= 0.6 is 0 Å². The van der Waals surface area contributed by atoms with Crippen LogP contribution in [-0.2, 0) is 10.0 Å². The van der Waals surface area contributed by atoms with E-state index in [1.54, 1.807) is 12.1 Å². The zero-order valence-corrected chi connectivity index (χ0v) is 11.6. The summed E-state index contributed by atoms with van der Waals surface area (Å²) in [6, 6.07) is 6.41. The Morgan fingerprint density at radius 1 is 1.32 bits per heavy atom. The van der Waals surface area contributed by atoms with E-state index in [4.69, 9.17) is 5.11 Å². The van der Waals surface area contributed by atoms with Crippen molar-refractivity contribution in [2.24, 2.45) is 5.92 Å². The summed E-state index contributed by atoms with van der Waals surface area (Å²) < 4.78 is 26.9. The number of aliphatic hydroxyl groups is 1. The van der Waals surface area contributed by atoms with Crippen molar-refractivity contribution in [3.05, 3.63) is 29.8 Å². The predicted molar refractivity (Wildman–Crippen MR) is 72.9 cm³/mol. The summed E-state index contributed by atoms with van der Waals surface area (Å²) in [5.74, 6) is 5.85. The highest BCUT2D eigenvalue weighted by atomic mass is 32.2. The van der Waals surface area contributed by atoms with E-state index < -0.39 is 10.0 Å². The van der Waals surface area contributed by atoms with Gasteiger partial charge in [-0.15, -0.1) is 0 Å². The van der Waals surface area contributed by atoms with E-state index in [1.807, 2.05) is 0 Å². The molecule has 1 aromatic carbocycles. The first kappa shape index (κ1) is 14.1. The molecular formula is C14H17NO3S. The first-order valence-corrected chi connectivity index (χ1v) is 7.71. The molecule has 0 atom stereocenters. The van der Waals surface area contributed by atoms with E-state index in [0.29, 0.717) is 11.5 Å². The normalized spacial score (nSPS) is 22.2. The quantitative estimate of drug-likeness (QED) is 0.815. The van der Waals surface area contributed by atoms with Crippen LogP contribution in [0.15, 0.2) is 29.2 Å². The molecule has 0 bridgehead atoms. The summed E-state index contributed by atoms with van der Waals surface area (Å²) in [5.41, 5.74) is 0.685.